The highest BCUT2D eigenvalue weighted by molar-refractivity contribution is 5.77. The van der Waals surface area contributed by atoms with Gasteiger partial charge in [0.25, 0.3) is 0 Å². The molecule has 0 aliphatic carbocycles. The van der Waals surface area contributed by atoms with Crippen molar-refractivity contribution in [3.8, 4) is 0 Å². The highest BCUT2D eigenvalue weighted by atomic mass is 16.6. The van der Waals surface area contributed by atoms with Gasteiger partial charge in [-0.05, 0) is 6.07 Å². The van der Waals surface area contributed by atoms with Crippen molar-refractivity contribution in [3.05, 3.63) is 22.2 Å². The van der Waals surface area contributed by atoms with Gasteiger partial charge in [-0.1, -0.05) is 0 Å². The number of nitrogens with two attached hydrogens (primary N) is 3. The first-order chi connectivity index (χ1) is 7.90. The van der Waals surface area contributed by atoms with Crippen molar-refractivity contribution in [2.24, 2.45) is 11.5 Å². The van der Waals surface area contributed by atoms with Crippen molar-refractivity contribution in [1.29, 1.82) is 5.41 Å². The highest BCUT2D eigenvalue weighted by Gasteiger charge is 2.13. The fourth-order valence-electron chi connectivity index (χ4n) is 1.18. The highest BCUT2D eigenvalue weighted by Crippen LogP contribution is 2.20. The molecule has 0 aliphatic heterocycles. The zero-order valence-electron chi connectivity index (χ0n) is 8.88. The van der Waals surface area contributed by atoms with Gasteiger partial charge in [0, 0.05) is 12.5 Å². The maximum Gasteiger partial charge on any atom is 0.311 e. The second-order valence-corrected chi connectivity index (χ2v) is 3.34. The molecule has 0 saturated carbocycles. The molecule has 0 amide bonds. The molecule has 1 heterocycles. The number of amidine groups is 1. The van der Waals surface area contributed by atoms with E-state index in [9.17, 15) is 10.1 Å². The van der Waals surface area contributed by atoms with Gasteiger partial charge < -0.3 is 22.5 Å². The van der Waals surface area contributed by atoms with Crippen LogP contribution < -0.4 is 22.5 Å². The van der Waals surface area contributed by atoms with Crippen molar-refractivity contribution in [2.75, 3.05) is 11.1 Å². The Morgan fingerprint density at radius 1 is 1.65 bits per heavy atom. The zero-order valence-corrected chi connectivity index (χ0v) is 8.88. The number of nitro groups is 1. The lowest BCUT2D eigenvalue weighted by molar-refractivity contribution is -0.384. The lowest BCUT2D eigenvalue weighted by Gasteiger charge is -2.13. The van der Waals surface area contributed by atoms with E-state index < -0.39 is 11.1 Å². The molecule has 1 atom stereocenters. The summed E-state index contributed by atoms with van der Waals surface area (Å²) in [6, 6.07) is 2.61. The molecule has 0 spiro atoms. The number of hydrogen-bond acceptors (Lipinski definition) is 7. The van der Waals surface area contributed by atoms with Gasteiger partial charge in [-0.15, -0.1) is 0 Å². The molecule has 9 heteroatoms. The van der Waals surface area contributed by atoms with Crippen LogP contribution in [-0.2, 0) is 0 Å². The quantitative estimate of drug-likeness (QED) is 0.153. The average molecular weight is 239 g/mol. The predicted molar refractivity (Wildman–Crippen MR) is 63.4 cm³/mol. The summed E-state index contributed by atoms with van der Waals surface area (Å²) in [4.78, 5) is 13.6. The molecule has 0 aliphatic rings. The summed E-state index contributed by atoms with van der Waals surface area (Å²) in [5.41, 5.74) is 15.9. The molecule has 1 aromatic rings. The van der Waals surface area contributed by atoms with Gasteiger partial charge in [0.2, 0.25) is 5.82 Å². The number of hydrogen-bond donors (Lipinski definition) is 5. The van der Waals surface area contributed by atoms with E-state index in [2.05, 4.69) is 10.3 Å². The average Bonchev–Trinajstić information content (AvgIpc) is 2.15. The van der Waals surface area contributed by atoms with Crippen LogP contribution in [0.1, 0.15) is 6.42 Å². The summed E-state index contributed by atoms with van der Waals surface area (Å²) < 4.78 is 0. The summed E-state index contributed by atoms with van der Waals surface area (Å²) in [6.07, 6.45) is -0.459. The SMILES string of the molecule is N=C(N)CC(N)Nc1ccc([N+](=O)[O-])c(N)n1. The molecule has 92 valence electrons. The number of nitrogens with one attached hydrogen (secondary N) is 2. The number of aromatic nitrogens is 1. The van der Waals surface area contributed by atoms with Crippen molar-refractivity contribution in [2.45, 2.75) is 12.6 Å². The third-order valence-corrected chi connectivity index (χ3v) is 1.87. The molecular formula is C8H13N7O2. The van der Waals surface area contributed by atoms with Crippen LogP contribution in [0.2, 0.25) is 0 Å². The third kappa shape index (κ3) is 3.57. The van der Waals surface area contributed by atoms with Crippen LogP contribution in [0.3, 0.4) is 0 Å². The van der Waals surface area contributed by atoms with Crippen LogP contribution in [0.5, 0.6) is 0 Å². The normalized spacial score (nSPS) is 11.8. The van der Waals surface area contributed by atoms with E-state index in [1.807, 2.05) is 0 Å². The summed E-state index contributed by atoms with van der Waals surface area (Å²) >= 11 is 0. The minimum absolute atomic E-state index is 0.0696. The van der Waals surface area contributed by atoms with Crippen LogP contribution in [-0.4, -0.2) is 21.9 Å². The Hall–Kier alpha value is -2.42. The summed E-state index contributed by atoms with van der Waals surface area (Å²) in [5.74, 6) is 0.0248. The van der Waals surface area contributed by atoms with E-state index in [1.165, 1.54) is 12.1 Å². The first-order valence-electron chi connectivity index (χ1n) is 4.66. The first kappa shape index (κ1) is 12.6. The molecule has 9 nitrogen and oxygen atoms in total. The lowest BCUT2D eigenvalue weighted by atomic mass is 10.3. The zero-order chi connectivity index (χ0) is 13.0. The molecule has 1 aromatic heterocycles. The van der Waals surface area contributed by atoms with Gasteiger partial charge in [-0.2, -0.15) is 0 Å². The van der Waals surface area contributed by atoms with Crippen LogP contribution in [0.25, 0.3) is 0 Å². The maximum absolute atomic E-state index is 10.5. The van der Waals surface area contributed by atoms with Crippen molar-refractivity contribution < 1.29 is 4.92 Å². The van der Waals surface area contributed by atoms with E-state index in [1.54, 1.807) is 0 Å². The van der Waals surface area contributed by atoms with E-state index in [4.69, 9.17) is 22.6 Å². The maximum atomic E-state index is 10.5. The second kappa shape index (κ2) is 5.07. The minimum atomic E-state index is -0.623. The molecule has 0 saturated heterocycles. The van der Waals surface area contributed by atoms with Gasteiger partial charge in [0.1, 0.15) is 5.82 Å². The van der Waals surface area contributed by atoms with Gasteiger partial charge >= 0.3 is 5.69 Å². The van der Waals surface area contributed by atoms with Gasteiger partial charge in [-0.25, -0.2) is 4.98 Å². The smallest absolute Gasteiger partial charge is 0.311 e. The second-order valence-electron chi connectivity index (χ2n) is 3.34. The standard InChI is InChI=1S/C8H13N7O2/c9-5(10)3-6(11)13-7-2-1-4(15(16)17)8(12)14-7/h1-2,6H,3,11H2,(H3,9,10)(H3,12,13,14). The van der Waals surface area contributed by atoms with Crippen LogP contribution in [0, 0.1) is 15.5 Å². The van der Waals surface area contributed by atoms with Crippen LogP contribution in [0.15, 0.2) is 12.1 Å². The molecule has 1 rings (SSSR count). The van der Waals surface area contributed by atoms with Gasteiger partial charge in [0.05, 0.1) is 16.9 Å². The van der Waals surface area contributed by atoms with E-state index in [0.29, 0.717) is 5.82 Å². The van der Waals surface area contributed by atoms with E-state index in [-0.39, 0.29) is 23.8 Å². The number of rotatable bonds is 5. The molecule has 0 radical (unpaired) electrons. The fourth-order valence-corrected chi connectivity index (χ4v) is 1.18. The molecule has 0 fully saturated rings. The number of nitrogens with zero attached hydrogens (tertiary/aromatic N) is 2. The Kier molecular flexibility index (Phi) is 3.78. The van der Waals surface area contributed by atoms with E-state index >= 15 is 0 Å². The Bertz CT molecular complexity index is 447. The van der Waals surface area contributed by atoms with Crippen molar-refractivity contribution in [3.63, 3.8) is 0 Å². The number of nitrogen functional groups attached to an aromatic ring is 1. The predicted octanol–water partition coefficient (Wildman–Crippen LogP) is -0.405. The Morgan fingerprint density at radius 2 is 2.29 bits per heavy atom. The summed E-state index contributed by atoms with van der Waals surface area (Å²) in [6.45, 7) is 0. The van der Waals surface area contributed by atoms with Crippen molar-refractivity contribution in [1.82, 2.24) is 4.98 Å². The van der Waals surface area contributed by atoms with Gasteiger partial charge in [-0.3, -0.25) is 15.5 Å². The largest absolute Gasteiger partial charge is 0.388 e. The molecule has 8 N–H and O–H groups in total. The fraction of sp³-hybridized carbons (Fsp3) is 0.250. The Balaban J connectivity index is 2.77. The van der Waals surface area contributed by atoms with Crippen LogP contribution in [0.4, 0.5) is 17.3 Å². The monoisotopic (exact) mass is 239 g/mol. The molecule has 0 aromatic carbocycles. The van der Waals surface area contributed by atoms with Crippen LogP contribution >= 0.6 is 0 Å². The summed E-state index contributed by atoms with van der Waals surface area (Å²) in [5, 5.41) is 20.3. The van der Waals surface area contributed by atoms with Gasteiger partial charge in [0.15, 0.2) is 0 Å². The molecule has 17 heavy (non-hydrogen) atoms. The topological polar surface area (TPSA) is 170 Å². The third-order valence-electron chi connectivity index (χ3n) is 1.87. The molecule has 1 unspecified atom stereocenters. The lowest BCUT2D eigenvalue weighted by Crippen LogP contribution is -2.34. The Morgan fingerprint density at radius 3 is 2.76 bits per heavy atom. The molecular weight excluding hydrogens is 226 g/mol. The van der Waals surface area contributed by atoms with Crippen molar-refractivity contribution >= 4 is 23.2 Å². The summed E-state index contributed by atoms with van der Waals surface area (Å²) in [7, 11) is 0. The number of anilines is 2. The Labute approximate surface area is 96.7 Å². The minimum Gasteiger partial charge on any atom is -0.388 e. The first-order valence-corrected chi connectivity index (χ1v) is 4.66. The molecule has 0 bridgehead atoms. The van der Waals surface area contributed by atoms with E-state index in [0.717, 1.165) is 0 Å². The number of pyridine rings is 1.